The molecule has 1 amide bonds. The Labute approximate surface area is 138 Å². The summed E-state index contributed by atoms with van der Waals surface area (Å²) in [5.41, 5.74) is 0.724. The summed E-state index contributed by atoms with van der Waals surface area (Å²) in [5.74, 6) is 0.491. The van der Waals surface area contributed by atoms with Gasteiger partial charge in [0.25, 0.3) is 0 Å². The Morgan fingerprint density at radius 2 is 2.13 bits per heavy atom. The van der Waals surface area contributed by atoms with E-state index in [0.29, 0.717) is 5.92 Å². The number of piperidine rings is 3. The largest absolute Gasteiger partial charge is 0.444 e. The molecule has 2 bridgehead atoms. The molecule has 4 heterocycles. The highest BCUT2D eigenvalue weighted by molar-refractivity contribution is 7.17. The topological polar surface area (TPSA) is 32.8 Å². The van der Waals surface area contributed by atoms with Crippen LogP contribution < -0.4 is 4.90 Å². The molecule has 3 aliphatic rings. The Kier molecular flexibility index (Phi) is 3.73. The lowest BCUT2D eigenvalue weighted by molar-refractivity contribution is -0.0307. The smallest absolute Gasteiger partial charge is 0.414 e. The first-order valence-electron chi connectivity index (χ1n) is 7.96. The Balaban J connectivity index is 1.48. The van der Waals surface area contributed by atoms with Gasteiger partial charge in [-0.05, 0) is 61.5 Å². The molecule has 3 fully saturated rings. The van der Waals surface area contributed by atoms with Crippen LogP contribution in [0.3, 0.4) is 0 Å². The van der Waals surface area contributed by atoms with Crippen LogP contribution in [0.15, 0.2) is 24.3 Å². The minimum atomic E-state index is -0.334. The molecule has 122 valence electrons. The van der Waals surface area contributed by atoms with Crippen molar-refractivity contribution in [2.45, 2.75) is 18.9 Å². The lowest BCUT2D eigenvalue weighted by Crippen LogP contribution is -2.52. The highest BCUT2D eigenvalue weighted by Gasteiger charge is 2.37. The second-order valence-electron chi connectivity index (χ2n) is 6.39. The van der Waals surface area contributed by atoms with Crippen LogP contribution in [0, 0.1) is 11.0 Å². The molecule has 1 atom stereocenters. The van der Waals surface area contributed by atoms with Crippen molar-refractivity contribution in [2.75, 3.05) is 31.6 Å². The van der Waals surface area contributed by atoms with Crippen molar-refractivity contribution in [1.29, 1.82) is 0 Å². The second kappa shape index (κ2) is 5.76. The molecule has 0 saturated carbocycles. The Morgan fingerprint density at radius 3 is 2.83 bits per heavy atom. The number of benzene rings is 1. The zero-order valence-corrected chi connectivity index (χ0v) is 13.8. The third kappa shape index (κ3) is 2.81. The van der Waals surface area contributed by atoms with Crippen molar-refractivity contribution in [3.63, 3.8) is 0 Å². The zero-order valence-electron chi connectivity index (χ0n) is 13.0. The predicted octanol–water partition coefficient (Wildman–Crippen LogP) is 3.71. The van der Waals surface area contributed by atoms with Crippen LogP contribution in [-0.4, -0.2) is 43.8 Å². The van der Waals surface area contributed by atoms with Gasteiger partial charge in [0.1, 0.15) is 6.10 Å². The number of amides is 1. The number of fused-ring (bicyclic) bond motifs is 4. The molecular weight excluding hydrogens is 315 g/mol. The molecular formula is C17H19FN2O2S. The zero-order chi connectivity index (χ0) is 16.0. The summed E-state index contributed by atoms with van der Waals surface area (Å²) >= 11 is 1.11. The average molecular weight is 334 g/mol. The molecule has 1 unspecified atom stereocenters. The van der Waals surface area contributed by atoms with Gasteiger partial charge in [-0.1, -0.05) is 0 Å². The molecule has 1 aromatic heterocycles. The number of hydrogen-bond donors (Lipinski definition) is 0. The summed E-state index contributed by atoms with van der Waals surface area (Å²) < 4.78 is 19.9. The quantitative estimate of drug-likeness (QED) is 0.839. The van der Waals surface area contributed by atoms with Crippen molar-refractivity contribution < 1.29 is 13.9 Å². The van der Waals surface area contributed by atoms with Crippen LogP contribution in [0.1, 0.15) is 12.8 Å². The highest BCUT2D eigenvalue weighted by atomic mass is 32.1. The lowest BCUT2D eigenvalue weighted by Gasteiger charge is -2.44. The molecule has 1 aromatic carbocycles. The van der Waals surface area contributed by atoms with Gasteiger partial charge in [-0.15, -0.1) is 11.3 Å². The van der Waals surface area contributed by atoms with Gasteiger partial charge in [-0.3, -0.25) is 9.80 Å². The standard InChI is InChI=1S/C17H19FN2O2S/c1-19(13-2-3-15-12(8-13)9-16(18)23-15)17(21)22-14-10-20-6-4-11(14)5-7-20/h2-3,8-9,11,14H,4-7,10H2,1H3. The number of carbonyl (C=O) groups is 1. The van der Waals surface area contributed by atoms with Gasteiger partial charge >= 0.3 is 6.09 Å². The van der Waals surface area contributed by atoms with Crippen molar-refractivity contribution in [2.24, 2.45) is 5.92 Å². The second-order valence-corrected chi connectivity index (χ2v) is 7.43. The number of ether oxygens (including phenoxy) is 1. The third-order valence-corrected chi connectivity index (χ3v) is 5.88. The average Bonchev–Trinajstić information content (AvgIpc) is 2.94. The van der Waals surface area contributed by atoms with E-state index in [1.807, 2.05) is 18.2 Å². The van der Waals surface area contributed by atoms with Gasteiger partial charge in [0, 0.05) is 24.0 Å². The minimum absolute atomic E-state index is 0.00484. The number of carbonyl (C=O) groups excluding carboxylic acids is 1. The van der Waals surface area contributed by atoms with Crippen molar-refractivity contribution in [1.82, 2.24) is 4.90 Å². The maximum atomic E-state index is 13.3. The van der Waals surface area contributed by atoms with E-state index in [1.165, 1.54) is 11.0 Å². The van der Waals surface area contributed by atoms with E-state index in [4.69, 9.17) is 4.74 Å². The number of rotatable bonds is 2. The fourth-order valence-corrected chi connectivity index (χ4v) is 4.33. The molecule has 0 N–H and O–H groups in total. The number of anilines is 1. The van der Waals surface area contributed by atoms with Crippen molar-refractivity contribution >= 4 is 33.2 Å². The number of nitrogens with zero attached hydrogens (tertiary/aromatic N) is 2. The molecule has 6 heteroatoms. The van der Waals surface area contributed by atoms with E-state index >= 15 is 0 Å². The van der Waals surface area contributed by atoms with Crippen LogP contribution in [0.5, 0.6) is 0 Å². The minimum Gasteiger partial charge on any atom is -0.444 e. The number of hydrogen-bond acceptors (Lipinski definition) is 4. The van der Waals surface area contributed by atoms with E-state index in [1.54, 1.807) is 7.05 Å². The van der Waals surface area contributed by atoms with E-state index in [9.17, 15) is 9.18 Å². The summed E-state index contributed by atoms with van der Waals surface area (Å²) in [6, 6.07) is 7.00. The van der Waals surface area contributed by atoms with E-state index in [-0.39, 0.29) is 17.3 Å². The SMILES string of the molecule is CN(C(=O)OC1CN2CCC1CC2)c1ccc2sc(F)cc2c1. The van der Waals surface area contributed by atoms with E-state index < -0.39 is 0 Å². The van der Waals surface area contributed by atoms with Crippen LogP contribution in [0.2, 0.25) is 0 Å². The summed E-state index contributed by atoms with van der Waals surface area (Å²) in [4.78, 5) is 16.3. The summed E-state index contributed by atoms with van der Waals surface area (Å²) in [7, 11) is 1.70. The van der Waals surface area contributed by atoms with Crippen LogP contribution in [0.25, 0.3) is 10.1 Å². The summed E-state index contributed by atoms with van der Waals surface area (Å²) in [6.45, 7) is 3.09. The van der Waals surface area contributed by atoms with Gasteiger partial charge in [0.15, 0.2) is 5.13 Å². The molecule has 0 spiro atoms. The molecule has 4 nitrogen and oxygen atoms in total. The normalized spacial score (nSPS) is 26.4. The molecule has 0 radical (unpaired) electrons. The first kappa shape index (κ1) is 14.9. The monoisotopic (exact) mass is 334 g/mol. The van der Waals surface area contributed by atoms with Crippen molar-refractivity contribution in [3.05, 3.63) is 29.4 Å². The van der Waals surface area contributed by atoms with Gasteiger partial charge in [0.2, 0.25) is 0 Å². The molecule has 23 heavy (non-hydrogen) atoms. The third-order valence-electron chi connectivity index (χ3n) is 4.98. The molecule has 3 aliphatic heterocycles. The first-order valence-corrected chi connectivity index (χ1v) is 8.77. The van der Waals surface area contributed by atoms with Crippen LogP contribution >= 0.6 is 11.3 Å². The Morgan fingerprint density at radius 1 is 1.35 bits per heavy atom. The molecule has 2 aromatic rings. The molecule has 3 saturated heterocycles. The summed E-state index contributed by atoms with van der Waals surface area (Å²) in [5, 5.41) is 0.599. The van der Waals surface area contributed by atoms with Crippen LogP contribution in [-0.2, 0) is 4.74 Å². The van der Waals surface area contributed by atoms with E-state index in [0.717, 1.165) is 59.6 Å². The van der Waals surface area contributed by atoms with Gasteiger partial charge in [-0.25, -0.2) is 4.79 Å². The first-order chi connectivity index (χ1) is 11.1. The maximum absolute atomic E-state index is 13.3. The highest BCUT2D eigenvalue weighted by Crippen LogP contribution is 2.31. The summed E-state index contributed by atoms with van der Waals surface area (Å²) in [6.07, 6.45) is 1.89. The van der Waals surface area contributed by atoms with Crippen LogP contribution in [0.4, 0.5) is 14.9 Å². The van der Waals surface area contributed by atoms with Gasteiger partial charge in [-0.2, -0.15) is 4.39 Å². The maximum Gasteiger partial charge on any atom is 0.414 e. The fraction of sp³-hybridized carbons (Fsp3) is 0.471. The molecule has 0 aliphatic carbocycles. The van der Waals surface area contributed by atoms with Gasteiger partial charge < -0.3 is 4.74 Å². The lowest BCUT2D eigenvalue weighted by atomic mass is 9.86. The van der Waals surface area contributed by atoms with E-state index in [2.05, 4.69) is 4.90 Å². The van der Waals surface area contributed by atoms with Gasteiger partial charge in [0.05, 0.1) is 0 Å². The Bertz CT molecular complexity index is 739. The Hall–Kier alpha value is -1.66. The fourth-order valence-electron chi connectivity index (χ4n) is 3.57. The van der Waals surface area contributed by atoms with Crippen molar-refractivity contribution in [3.8, 4) is 0 Å². The predicted molar refractivity (Wildman–Crippen MR) is 89.6 cm³/mol. The molecule has 5 rings (SSSR count). The number of halogens is 1. The number of thiophene rings is 1.